The SMILES string of the molecule is C[SH+]CCC(C)=O. The molecule has 1 nitrogen and oxygen atoms in total. The van der Waals surface area contributed by atoms with Crippen LogP contribution in [0.2, 0.25) is 0 Å². The van der Waals surface area contributed by atoms with Gasteiger partial charge >= 0.3 is 0 Å². The van der Waals surface area contributed by atoms with E-state index in [1.807, 2.05) is 0 Å². The Labute approximate surface area is 48.5 Å². The van der Waals surface area contributed by atoms with Crippen molar-refractivity contribution in [3.05, 3.63) is 0 Å². The molecule has 0 aromatic carbocycles. The van der Waals surface area contributed by atoms with E-state index < -0.39 is 0 Å². The van der Waals surface area contributed by atoms with Crippen molar-refractivity contribution in [1.82, 2.24) is 0 Å². The van der Waals surface area contributed by atoms with Crippen molar-refractivity contribution in [2.24, 2.45) is 0 Å². The van der Waals surface area contributed by atoms with Crippen LogP contribution >= 0.6 is 0 Å². The fourth-order valence-corrected chi connectivity index (χ4v) is 0.808. The van der Waals surface area contributed by atoms with Crippen molar-refractivity contribution in [2.75, 3.05) is 12.0 Å². The van der Waals surface area contributed by atoms with Crippen LogP contribution in [0, 0.1) is 0 Å². The Morgan fingerprint density at radius 1 is 1.71 bits per heavy atom. The van der Waals surface area contributed by atoms with Gasteiger partial charge in [0.25, 0.3) is 0 Å². The molecule has 0 saturated carbocycles. The van der Waals surface area contributed by atoms with Crippen LogP contribution in [0.25, 0.3) is 0 Å². The fraction of sp³-hybridized carbons (Fsp3) is 0.800. The minimum absolute atomic E-state index is 0.300. The van der Waals surface area contributed by atoms with Gasteiger partial charge < -0.3 is 0 Å². The summed E-state index contributed by atoms with van der Waals surface area (Å²) in [5.74, 6) is 1.32. The predicted octanol–water partition coefficient (Wildman–Crippen LogP) is 0.410. The maximum absolute atomic E-state index is 10.2. The zero-order chi connectivity index (χ0) is 5.70. The number of ketones is 1. The van der Waals surface area contributed by atoms with E-state index in [0.717, 1.165) is 12.2 Å². The van der Waals surface area contributed by atoms with Gasteiger partial charge in [0.1, 0.15) is 11.5 Å². The normalized spacial score (nSPS) is 8.86. The molecule has 0 fully saturated rings. The van der Waals surface area contributed by atoms with Gasteiger partial charge in [-0.1, -0.05) is 0 Å². The molecule has 0 aromatic heterocycles. The molecular formula is C5H11OS+. The number of thiol groups is 1. The average molecular weight is 119 g/mol. The molecule has 0 unspecified atom stereocenters. The molecule has 0 aliphatic heterocycles. The summed E-state index contributed by atoms with van der Waals surface area (Å²) in [6, 6.07) is 0. The van der Waals surface area contributed by atoms with Gasteiger partial charge in [-0.25, -0.2) is 0 Å². The number of carbonyl (C=O) groups excluding carboxylic acids is 1. The minimum atomic E-state index is 0.300. The van der Waals surface area contributed by atoms with E-state index in [0.29, 0.717) is 5.78 Å². The van der Waals surface area contributed by atoms with Gasteiger partial charge in [0.2, 0.25) is 0 Å². The molecule has 0 bridgehead atoms. The molecule has 7 heavy (non-hydrogen) atoms. The maximum atomic E-state index is 10.2. The van der Waals surface area contributed by atoms with E-state index in [-0.39, 0.29) is 0 Å². The molecule has 0 atom stereocenters. The quantitative estimate of drug-likeness (QED) is 0.388. The Hall–Kier alpha value is 0.0200. The zero-order valence-electron chi connectivity index (χ0n) is 4.77. The molecule has 0 N–H and O–H groups in total. The smallest absolute Gasteiger partial charge is 0.134 e. The van der Waals surface area contributed by atoms with Crippen molar-refractivity contribution in [3.8, 4) is 0 Å². The van der Waals surface area contributed by atoms with Crippen molar-refractivity contribution >= 4 is 17.5 Å². The summed E-state index contributed by atoms with van der Waals surface area (Å²) in [5.41, 5.74) is 0. The third-order valence-corrected chi connectivity index (χ3v) is 1.36. The highest BCUT2D eigenvalue weighted by Gasteiger charge is 1.92. The van der Waals surface area contributed by atoms with Crippen molar-refractivity contribution in [1.29, 1.82) is 0 Å². The lowest BCUT2D eigenvalue weighted by Gasteiger charge is -1.80. The van der Waals surface area contributed by atoms with Crippen molar-refractivity contribution < 1.29 is 4.79 Å². The third kappa shape index (κ3) is 6.02. The Morgan fingerprint density at radius 3 is 2.43 bits per heavy atom. The Bertz CT molecular complexity index is 61.1. The second-order valence-electron chi connectivity index (χ2n) is 1.49. The molecule has 42 valence electrons. The molecule has 0 spiro atoms. The van der Waals surface area contributed by atoms with Crippen LogP contribution in [0.5, 0.6) is 0 Å². The van der Waals surface area contributed by atoms with Gasteiger partial charge in [-0.3, -0.25) is 4.79 Å². The fourth-order valence-electron chi connectivity index (χ4n) is 0.269. The van der Waals surface area contributed by atoms with Crippen LogP contribution in [0.3, 0.4) is 0 Å². The summed E-state index contributed by atoms with van der Waals surface area (Å²) in [5, 5.41) is 0. The van der Waals surface area contributed by atoms with Gasteiger partial charge in [-0.05, 0) is 18.7 Å². The minimum Gasteiger partial charge on any atom is -0.300 e. The second kappa shape index (κ2) is 4.19. The highest BCUT2D eigenvalue weighted by molar-refractivity contribution is 7.77. The lowest BCUT2D eigenvalue weighted by atomic mass is 10.4. The first-order valence-electron chi connectivity index (χ1n) is 2.32. The Morgan fingerprint density at radius 2 is 2.29 bits per heavy atom. The maximum Gasteiger partial charge on any atom is 0.134 e. The standard InChI is InChI=1S/C5H10OS/c1-5(6)3-4-7-2/h3-4H2,1-2H3/p+1. The van der Waals surface area contributed by atoms with Gasteiger partial charge in [0.05, 0.1) is 12.7 Å². The summed E-state index contributed by atoms with van der Waals surface area (Å²) in [7, 11) is 0. The molecule has 0 aliphatic carbocycles. The molecule has 0 aliphatic rings. The summed E-state index contributed by atoms with van der Waals surface area (Å²) < 4.78 is 0. The average Bonchev–Trinajstić information content (AvgIpc) is 1.61. The van der Waals surface area contributed by atoms with E-state index in [1.54, 1.807) is 6.92 Å². The van der Waals surface area contributed by atoms with Crippen molar-refractivity contribution in [3.63, 3.8) is 0 Å². The molecule has 0 rings (SSSR count). The van der Waals surface area contributed by atoms with Gasteiger partial charge in [0, 0.05) is 0 Å². The molecule has 0 radical (unpaired) electrons. The lowest BCUT2D eigenvalue weighted by Crippen LogP contribution is -1.94. The van der Waals surface area contributed by atoms with Gasteiger partial charge in [0.15, 0.2) is 0 Å². The summed E-state index contributed by atoms with van der Waals surface area (Å²) >= 11 is 1.32. The molecular weight excluding hydrogens is 108 g/mol. The predicted molar refractivity (Wildman–Crippen MR) is 34.8 cm³/mol. The highest BCUT2D eigenvalue weighted by atomic mass is 32.2. The van der Waals surface area contributed by atoms with E-state index in [4.69, 9.17) is 0 Å². The first kappa shape index (κ1) is 7.02. The summed E-state index contributed by atoms with van der Waals surface area (Å²) in [4.78, 5) is 10.2. The van der Waals surface area contributed by atoms with Crippen LogP contribution in [-0.2, 0) is 16.6 Å². The number of hydrogen-bond acceptors (Lipinski definition) is 1. The number of hydrogen-bond donors (Lipinski definition) is 0. The number of Topliss-reactive ketones (excluding diaryl/α,β-unsaturated/α-hetero) is 1. The van der Waals surface area contributed by atoms with Crippen molar-refractivity contribution in [2.45, 2.75) is 13.3 Å². The van der Waals surface area contributed by atoms with Crippen LogP contribution in [0.4, 0.5) is 0 Å². The Kier molecular flexibility index (Phi) is 4.20. The van der Waals surface area contributed by atoms with Crippen LogP contribution in [0.15, 0.2) is 0 Å². The van der Waals surface area contributed by atoms with Crippen LogP contribution in [-0.4, -0.2) is 17.8 Å². The molecule has 0 amide bonds. The Balaban J connectivity index is 2.82. The molecule has 0 heterocycles. The van der Waals surface area contributed by atoms with Gasteiger partial charge in [-0.2, -0.15) is 0 Å². The van der Waals surface area contributed by atoms with E-state index in [2.05, 4.69) is 6.26 Å². The van der Waals surface area contributed by atoms with Crippen LogP contribution < -0.4 is 0 Å². The van der Waals surface area contributed by atoms with Crippen LogP contribution in [0.1, 0.15) is 13.3 Å². The zero-order valence-corrected chi connectivity index (χ0v) is 5.66. The molecule has 0 saturated heterocycles. The highest BCUT2D eigenvalue weighted by Crippen LogP contribution is 1.79. The first-order chi connectivity index (χ1) is 3.27. The topological polar surface area (TPSA) is 17.1 Å². The van der Waals surface area contributed by atoms with E-state index >= 15 is 0 Å². The number of carbonyl (C=O) groups is 1. The molecule has 0 aromatic rings. The number of rotatable bonds is 3. The summed E-state index contributed by atoms with van der Waals surface area (Å²) in [6.45, 7) is 1.63. The lowest BCUT2D eigenvalue weighted by molar-refractivity contribution is -0.116. The molecule has 2 heteroatoms. The van der Waals surface area contributed by atoms with E-state index in [1.165, 1.54) is 11.8 Å². The third-order valence-electron chi connectivity index (χ3n) is 0.687. The second-order valence-corrected chi connectivity index (χ2v) is 2.57. The summed E-state index contributed by atoms with van der Waals surface area (Å²) in [6.07, 6.45) is 2.81. The monoisotopic (exact) mass is 119 g/mol. The van der Waals surface area contributed by atoms with Gasteiger partial charge in [-0.15, -0.1) is 0 Å². The largest absolute Gasteiger partial charge is 0.300 e. The van der Waals surface area contributed by atoms with E-state index in [9.17, 15) is 4.79 Å². The first-order valence-corrected chi connectivity index (χ1v) is 3.85.